The van der Waals surface area contributed by atoms with Crippen LogP contribution in [0, 0.1) is 11.7 Å². The number of fused-ring (bicyclic) bond motifs is 1. The Morgan fingerprint density at radius 1 is 1.10 bits per heavy atom. The van der Waals surface area contributed by atoms with Gasteiger partial charge < -0.3 is 10.6 Å². The van der Waals surface area contributed by atoms with Gasteiger partial charge in [0, 0.05) is 23.2 Å². The predicted molar refractivity (Wildman–Crippen MR) is 115 cm³/mol. The molecule has 0 aliphatic carbocycles. The summed E-state index contributed by atoms with van der Waals surface area (Å²) in [7, 11) is 0. The maximum Gasteiger partial charge on any atom is 0.419 e. The zero-order valence-corrected chi connectivity index (χ0v) is 17.1. The first-order valence-electron chi connectivity index (χ1n) is 10.6. The molecule has 2 aromatic carbocycles. The molecule has 0 amide bonds. The van der Waals surface area contributed by atoms with Gasteiger partial charge in [-0.3, -0.25) is 0 Å². The number of hydrogen-bond acceptors (Lipinski definition) is 3. The number of alkyl halides is 3. The molecule has 0 spiro atoms. The van der Waals surface area contributed by atoms with Crippen LogP contribution >= 0.6 is 0 Å². The Morgan fingerprint density at radius 2 is 1.94 bits per heavy atom. The van der Waals surface area contributed by atoms with Crippen molar-refractivity contribution in [3.63, 3.8) is 0 Å². The van der Waals surface area contributed by atoms with Gasteiger partial charge in [-0.1, -0.05) is 30.3 Å². The lowest BCUT2D eigenvalue weighted by Crippen LogP contribution is -2.29. The van der Waals surface area contributed by atoms with Crippen molar-refractivity contribution < 1.29 is 17.6 Å². The van der Waals surface area contributed by atoms with Crippen LogP contribution in [0.4, 0.5) is 23.2 Å². The first-order chi connectivity index (χ1) is 14.9. The number of halogens is 4. The Kier molecular flexibility index (Phi) is 6.41. The molecule has 1 atom stereocenters. The summed E-state index contributed by atoms with van der Waals surface area (Å²) >= 11 is 0. The minimum Gasteiger partial charge on any atom is -0.384 e. The summed E-state index contributed by atoms with van der Waals surface area (Å²) in [6, 6.07) is 12.3. The number of anilines is 1. The highest BCUT2D eigenvalue weighted by Gasteiger charge is 2.37. The van der Waals surface area contributed by atoms with E-state index in [0.29, 0.717) is 23.7 Å². The summed E-state index contributed by atoms with van der Waals surface area (Å²) in [6.45, 7) is 2.84. The first-order valence-corrected chi connectivity index (χ1v) is 10.6. The molecule has 1 fully saturated rings. The van der Waals surface area contributed by atoms with Crippen molar-refractivity contribution >= 4 is 16.6 Å². The van der Waals surface area contributed by atoms with Crippen LogP contribution in [0.25, 0.3) is 22.2 Å². The van der Waals surface area contributed by atoms with Crippen molar-refractivity contribution in [1.29, 1.82) is 0 Å². The van der Waals surface area contributed by atoms with Crippen LogP contribution in [-0.4, -0.2) is 24.6 Å². The Hall–Kier alpha value is -2.67. The van der Waals surface area contributed by atoms with Crippen molar-refractivity contribution in [3.05, 3.63) is 59.9 Å². The van der Waals surface area contributed by atoms with Crippen molar-refractivity contribution in [2.24, 2.45) is 5.92 Å². The van der Waals surface area contributed by atoms with Crippen LogP contribution in [0.3, 0.4) is 0 Å². The molecule has 4 rings (SSSR count). The summed E-state index contributed by atoms with van der Waals surface area (Å²) in [6.07, 6.45) is -0.319. The first kappa shape index (κ1) is 21.6. The monoisotopic (exact) mass is 431 g/mol. The fraction of sp³-hybridized carbons (Fsp3) is 0.375. The summed E-state index contributed by atoms with van der Waals surface area (Å²) in [4.78, 5) is 4.41. The van der Waals surface area contributed by atoms with Gasteiger partial charge in [0.15, 0.2) is 0 Å². The second-order valence-corrected chi connectivity index (χ2v) is 8.01. The molecule has 1 saturated heterocycles. The van der Waals surface area contributed by atoms with E-state index in [0.717, 1.165) is 37.4 Å². The quantitative estimate of drug-likeness (QED) is 0.358. The second-order valence-electron chi connectivity index (χ2n) is 8.01. The van der Waals surface area contributed by atoms with Gasteiger partial charge in [0.2, 0.25) is 0 Å². The number of nitrogens with zero attached hydrogens (tertiary/aromatic N) is 1. The molecular weight excluding hydrogens is 406 g/mol. The van der Waals surface area contributed by atoms with Crippen molar-refractivity contribution in [2.75, 3.05) is 25.0 Å². The molecule has 31 heavy (non-hydrogen) atoms. The van der Waals surface area contributed by atoms with Crippen molar-refractivity contribution in [1.82, 2.24) is 10.3 Å². The fourth-order valence-electron chi connectivity index (χ4n) is 4.27. The molecule has 7 heteroatoms. The number of aromatic nitrogens is 1. The Bertz CT molecular complexity index is 1040. The van der Waals surface area contributed by atoms with E-state index in [-0.39, 0.29) is 11.3 Å². The zero-order chi connectivity index (χ0) is 21.8. The minimum atomic E-state index is -4.81. The smallest absolute Gasteiger partial charge is 0.384 e. The molecule has 2 N–H and O–H groups in total. The average Bonchev–Trinajstić information content (AvgIpc) is 2.76. The molecule has 0 saturated carbocycles. The molecule has 0 radical (unpaired) electrons. The predicted octanol–water partition coefficient (Wildman–Crippen LogP) is 6.25. The minimum absolute atomic E-state index is 0.101. The lowest BCUT2D eigenvalue weighted by atomic mass is 9.95. The van der Waals surface area contributed by atoms with Gasteiger partial charge in [-0.25, -0.2) is 9.37 Å². The van der Waals surface area contributed by atoms with E-state index >= 15 is 0 Å². The molecule has 1 aliphatic heterocycles. The molecule has 1 aliphatic rings. The Morgan fingerprint density at radius 3 is 2.71 bits per heavy atom. The molecule has 3 aromatic rings. The molecule has 1 unspecified atom stereocenters. The standard InChI is InChI=1S/C24H25F4N3/c25-19-10-3-9-18(23(19)24(26,27)28)22-14-21(17-8-1-2-11-20(17)31-22)30-13-5-7-16-6-4-12-29-15-16/h1-3,8-11,14,16,29H,4-7,12-13,15H2,(H,30,31). The van der Waals surface area contributed by atoms with Gasteiger partial charge in [-0.15, -0.1) is 0 Å². The Balaban J connectivity index is 1.62. The number of nitrogens with one attached hydrogen (secondary N) is 2. The van der Waals surface area contributed by atoms with Gasteiger partial charge in [0.1, 0.15) is 11.4 Å². The number of piperidine rings is 1. The fourth-order valence-corrected chi connectivity index (χ4v) is 4.27. The van der Waals surface area contributed by atoms with Gasteiger partial charge in [0.05, 0.1) is 11.2 Å². The van der Waals surface area contributed by atoms with Crippen molar-refractivity contribution in [2.45, 2.75) is 31.9 Å². The van der Waals surface area contributed by atoms with E-state index in [2.05, 4.69) is 15.6 Å². The highest BCUT2D eigenvalue weighted by Crippen LogP contribution is 2.39. The van der Waals surface area contributed by atoms with E-state index in [1.165, 1.54) is 25.0 Å². The van der Waals surface area contributed by atoms with E-state index in [4.69, 9.17) is 0 Å². The van der Waals surface area contributed by atoms with E-state index in [9.17, 15) is 17.6 Å². The van der Waals surface area contributed by atoms with Gasteiger partial charge in [-0.2, -0.15) is 13.2 Å². The normalized spacial score (nSPS) is 17.1. The highest BCUT2D eigenvalue weighted by molar-refractivity contribution is 5.94. The topological polar surface area (TPSA) is 37.0 Å². The van der Waals surface area contributed by atoms with Crippen LogP contribution in [0.5, 0.6) is 0 Å². The summed E-state index contributed by atoms with van der Waals surface area (Å²) in [5.41, 5.74) is -0.163. The van der Waals surface area contributed by atoms with Gasteiger partial charge >= 0.3 is 6.18 Å². The maximum absolute atomic E-state index is 14.1. The Labute approximate surface area is 178 Å². The third-order valence-electron chi connectivity index (χ3n) is 5.79. The average molecular weight is 431 g/mol. The molecule has 164 valence electrons. The third-order valence-corrected chi connectivity index (χ3v) is 5.79. The molecule has 1 aromatic heterocycles. The highest BCUT2D eigenvalue weighted by atomic mass is 19.4. The van der Waals surface area contributed by atoms with E-state index in [1.54, 1.807) is 18.2 Å². The maximum atomic E-state index is 14.1. The number of para-hydroxylation sites is 1. The lowest BCUT2D eigenvalue weighted by molar-refractivity contribution is -0.139. The lowest BCUT2D eigenvalue weighted by Gasteiger charge is -2.22. The van der Waals surface area contributed by atoms with E-state index < -0.39 is 17.6 Å². The number of hydrogen-bond donors (Lipinski definition) is 2. The van der Waals surface area contributed by atoms with Crippen LogP contribution in [-0.2, 0) is 6.18 Å². The number of pyridine rings is 1. The molecule has 0 bridgehead atoms. The SMILES string of the molecule is Fc1cccc(-c2cc(NCCCC3CCCNC3)c3ccccc3n2)c1C(F)(F)F. The molecule has 3 nitrogen and oxygen atoms in total. The van der Waals surface area contributed by atoms with Gasteiger partial charge in [0.25, 0.3) is 0 Å². The number of benzene rings is 2. The van der Waals surface area contributed by atoms with Gasteiger partial charge in [-0.05, 0) is 62.9 Å². The van der Waals surface area contributed by atoms with Crippen LogP contribution in [0.1, 0.15) is 31.2 Å². The summed E-state index contributed by atoms with van der Waals surface area (Å²) < 4.78 is 54.7. The van der Waals surface area contributed by atoms with E-state index in [1.807, 2.05) is 12.1 Å². The molecular formula is C24H25F4N3. The van der Waals surface area contributed by atoms with Crippen LogP contribution in [0.15, 0.2) is 48.5 Å². The summed E-state index contributed by atoms with van der Waals surface area (Å²) in [5, 5.41) is 7.62. The zero-order valence-electron chi connectivity index (χ0n) is 17.1. The largest absolute Gasteiger partial charge is 0.419 e. The summed E-state index contributed by atoms with van der Waals surface area (Å²) in [5.74, 6) is -0.627. The third kappa shape index (κ3) is 4.98. The number of rotatable bonds is 6. The van der Waals surface area contributed by atoms with Crippen LogP contribution < -0.4 is 10.6 Å². The molecule has 2 heterocycles. The second kappa shape index (κ2) is 9.22. The van der Waals surface area contributed by atoms with Crippen molar-refractivity contribution in [3.8, 4) is 11.3 Å². The van der Waals surface area contributed by atoms with Crippen LogP contribution in [0.2, 0.25) is 0 Å².